The van der Waals surface area contributed by atoms with Crippen LogP contribution in [0.2, 0.25) is 0 Å². The van der Waals surface area contributed by atoms with Gasteiger partial charge >= 0.3 is 0 Å². The van der Waals surface area contributed by atoms with Crippen LogP contribution in [0.25, 0.3) is 0 Å². The van der Waals surface area contributed by atoms with E-state index in [1.165, 1.54) is 6.20 Å². The van der Waals surface area contributed by atoms with Gasteiger partial charge in [0.15, 0.2) is 0 Å². The smallest absolute Gasteiger partial charge is 0.256 e. The molecule has 1 N–H and O–H groups in total. The second kappa shape index (κ2) is 5.90. The van der Waals surface area contributed by atoms with E-state index >= 15 is 0 Å². The Morgan fingerprint density at radius 1 is 1.73 bits per heavy atom. The molecule has 0 fully saturated rings. The van der Waals surface area contributed by atoms with Crippen molar-refractivity contribution in [3.8, 4) is 0 Å². The highest BCUT2D eigenvalue weighted by atomic mass is 79.9. The van der Waals surface area contributed by atoms with E-state index in [2.05, 4.69) is 33.3 Å². The molecule has 0 radical (unpaired) electrons. The number of rotatable bonds is 5. The van der Waals surface area contributed by atoms with Gasteiger partial charge in [-0.25, -0.2) is 0 Å². The van der Waals surface area contributed by atoms with Crippen LogP contribution in [0.5, 0.6) is 0 Å². The number of aromatic nitrogens is 1. The fourth-order valence-corrected chi connectivity index (χ4v) is 1.52. The number of hydrogen-bond acceptors (Lipinski definition) is 3. The van der Waals surface area contributed by atoms with Gasteiger partial charge in [0, 0.05) is 11.4 Å². The molecule has 84 valence electrons. The molecular weight excluding hydrogens is 260 g/mol. The van der Waals surface area contributed by atoms with E-state index in [9.17, 15) is 4.79 Å². The predicted molar refractivity (Wildman–Crippen MR) is 61.2 cm³/mol. The summed E-state index contributed by atoms with van der Waals surface area (Å²) in [5.74, 6) is 0.442. The van der Waals surface area contributed by atoms with Crippen LogP contribution in [0.3, 0.4) is 0 Å². The maximum Gasteiger partial charge on any atom is 0.256 e. The average molecular weight is 275 g/mol. The standard InChI is InChI=1S/C10H15BrN2O2/c1-7(11)4-3-5-12-10(14)9-6-13-15-8(9)2/h6-7H,3-5H2,1-2H3,(H,12,14). The van der Waals surface area contributed by atoms with Gasteiger partial charge in [-0.1, -0.05) is 28.0 Å². The van der Waals surface area contributed by atoms with E-state index in [0.29, 0.717) is 22.7 Å². The molecule has 1 atom stereocenters. The number of nitrogens with zero attached hydrogens (tertiary/aromatic N) is 1. The van der Waals surface area contributed by atoms with Crippen molar-refractivity contribution in [2.45, 2.75) is 31.5 Å². The van der Waals surface area contributed by atoms with Crippen LogP contribution < -0.4 is 5.32 Å². The summed E-state index contributed by atoms with van der Waals surface area (Å²) in [6, 6.07) is 0. The maximum atomic E-state index is 11.5. The molecule has 1 aromatic heterocycles. The lowest BCUT2D eigenvalue weighted by molar-refractivity contribution is 0.0951. The molecule has 0 aliphatic rings. The summed E-state index contributed by atoms with van der Waals surface area (Å²) in [6.07, 6.45) is 3.45. The summed E-state index contributed by atoms with van der Waals surface area (Å²) in [7, 11) is 0. The van der Waals surface area contributed by atoms with E-state index in [4.69, 9.17) is 4.52 Å². The number of nitrogens with one attached hydrogen (secondary N) is 1. The zero-order valence-corrected chi connectivity index (χ0v) is 10.5. The summed E-state index contributed by atoms with van der Waals surface area (Å²) < 4.78 is 4.81. The van der Waals surface area contributed by atoms with E-state index in [1.807, 2.05) is 0 Å². The normalized spacial score (nSPS) is 12.5. The highest BCUT2D eigenvalue weighted by Gasteiger charge is 2.11. The van der Waals surface area contributed by atoms with Gasteiger partial charge in [0.2, 0.25) is 0 Å². The maximum absolute atomic E-state index is 11.5. The number of aryl methyl sites for hydroxylation is 1. The minimum Gasteiger partial charge on any atom is -0.361 e. The number of alkyl halides is 1. The average Bonchev–Trinajstić information content (AvgIpc) is 2.58. The van der Waals surface area contributed by atoms with Crippen LogP contribution >= 0.6 is 15.9 Å². The molecule has 0 aliphatic heterocycles. The number of halogens is 1. The van der Waals surface area contributed by atoms with Crippen molar-refractivity contribution < 1.29 is 9.32 Å². The summed E-state index contributed by atoms with van der Waals surface area (Å²) in [5.41, 5.74) is 0.516. The molecule has 1 unspecified atom stereocenters. The second-order valence-electron chi connectivity index (χ2n) is 3.47. The van der Waals surface area contributed by atoms with E-state index in [1.54, 1.807) is 6.92 Å². The highest BCUT2D eigenvalue weighted by Crippen LogP contribution is 2.07. The summed E-state index contributed by atoms with van der Waals surface area (Å²) in [5, 5.41) is 6.38. The number of hydrogen-bond donors (Lipinski definition) is 1. The second-order valence-corrected chi connectivity index (χ2v) is 5.04. The lowest BCUT2D eigenvalue weighted by atomic mass is 10.2. The van der Waals surface area contributed by atoms with Gasteiger partial charge < -0.3 is 9.84 Å². The molecule has 1 heterocycles. The number of carbonyl (C=O) groups excluding carboxylic acids is 1. The molecule has 0 saturated heterocycles. The molecule has 5 heteroatoms. The molecule has 0 spiro atoms. The molecule has 0 bridgehead atoms. The van der Waals surface area contributed by atoms with Crippen LogP contribution in [0, 0.1) is 6.92 Å². The van der Waals surface area contributed by atoms with Gasteiger partial charge in [0.05, 0.1) is 6.20 Å². The van der Waals surface area contributed by atoms with Crippen molar-refractivity contribution in [1.82, 2.24) is 10.5 Å². The molecule has 4 nitrogen and oxygen atoms in total. The molecule has 15 heavy (non-hydrogen) atoms. The molecule has 1 rings (SSSR count). The van der Waals surface area contributed by atoms with Gasteiger partial charge in [-0.2, -0.15) is 0 Å². The Morgan fingerprint density at radius 2 is 2.47 bits per heavy atom. The van der Waals surface area contributed by atoms with Gasteiger partial charge in [0.1, 0.15) is 11.3 Å². The molecule has 0 saturated carbocycles. The summed E-state index contributed by atoms with van der Waals surface area (Å²) in [6.45, 7) is 4.49. The van der Waals surface area contributed by atoms with Gasteiger partial charge in [-0.3, -0.25) is 4.79 Å². The SMILES string of the molecule is Cc1oncc1C(=O)NCCCC(C)Br. The van der Waals surface area contributed by atoms with Crippen molar-refractivity contribution in [3.63, 3.8) is 0 Å². The Hall–Kier alpha value is -0.840. The van der Waals surface area contributed by atoms with Crippen molar-refractivity contribution in [2.75, 3.05) is 6.54 Å². The lowest BCUT2D eigenvalue weighted by Gasteiger charge is -2.04. The van der Waals surface area contributed by atoms with E-state index < -0.39 is 0 Å². The van der Waals surface area contributed by atoms with Crippen LogP contribution in [0.15, 0.2) is 10.7 Å². The number of amides is 1. The highest BCUT2D eigenvalue weighted by molar-refractivity contribution is 9.09. The quantitative estimate of drug-likeness (QED) is 0.662. The van der Waals surface area contributed by atoms with Crippen molar-refractivity contribution in [3.05, 3.63) is 17.5 Å². The first kappa shape index (κ1) is 12.2. The van der Waals surface area contributed by atoms with Gasteiger partial charge in [0.25, 0.3) is 5.91 Å². The van der Waals surface area contributed by atoms with Crippen LogP contribution in [0.1, 0.15) is 35.9 Å². The third-order valence-electron chi connectivity index (χ3n) is 2.06. The fraction of sp³-hybridized carbons (Fsp3) is 0.600. The molecular formula is C10H15BrN2O2. The van der Waals surface area contributed by atoms with Crippen LogP contribution in [-0.2, 0) is 0 Å². The third-order valence-corrected chi connectivity index (χ3v) is 2.52. The molecule has 1 amide bonds. The Balaban J connectivity index is 2.28. The van der Waals surface area contributed by atoms with Gasteiger partial charge in [-0.15, -0.1) is 0 Å². The monoisotopic (exact) mass is 274 g/mol. The molecule has 0 aliphatic carbocycles. The first-order chi connectivity index (χ1) is 7.11. The topological polar surface area (TPSA) is 55.1 Å². The molecule has 1 aromatic rings. The summed E-state index contributed by atoms with van der Waals surface area (Å²) >= 11 is 3.45. The van der Waals surface area contributed by atoms with Gasteiger partial charge in [-0.05, 0) is 19.8 Å². The first-order valence-electron chi connectivity index (χ1n) is 4.95. The minimum absolute atomic E-state index is 0.115. The Morgan fingerprint density at radius 3 is 3.00 bits per heavy atom. The van der Waals surface area contributed by atoms with Crippen molar-refractivity contribution >= 4 is 21.8 Å². The zero-order valence-electron chi connectivity index (χ0n) is 8.92. The predicted octanol–water partition coefficient (Wildman–Crippen LogP) is 2.28. The minimum atomic E-state index is -0.115. The summed E-state index contributed by atoms with van der Waals surface area (Å²) in [4.78, 5) is 12.0. The first-order valence-corrected chi connectivity index (χ1v) is 5.86. The molecule has 0 aromatic carbocycles. The van der Waals surface area contributed by atoms with Crippen molar-refractivity contribution in [2.24, 2.45) is 0 Å². The zero-order chi connectivity index (χ0) is 11.3. The largest absolute Gasteiger partial charge is 0.361 e. The van der Waals surface area contributed by atoms with Crippen molar-refractivity contribution in [1.29, 1.82) is 0 Å². The third kappa shape index (κ3) is 4.03. The number of carbonyl (C=O) groups is 1. The fourth-order valence-electron chi connectivity index (χ4n) is 1.20. The lowest BCUT2D eigenvalue weighted by Crippen LogP contribution is -2.24. The Kier molecular flexibility index (Phi) is 4.81. The Labute approximate surface area is 97.5 Å². The van der Waals surface area contributed by atoms with Crippen LogP contribution in [-0.4, -0.2) is 22.4 Å². The van der Waals surface area contributed by atoms with E-state index in [0.717, 1.165) is 12.8 Å². The Bertz CT molecular complexity index is 323. The van der Waals surface area contributed by atoms with Crippen LogP contribution in [0.4, 0.5) is 0 Å². The van der Waals surface area contributed by atoms with E-state index in [-0.39, 0.29) is 5.91 Å².